The summed E-state index contributed by atoms with van der Waals surface area (Å²) in [5.41, 5.74) is 2.50. The van der Waals surface area contributed by atoms with E-state index in [9.17, 15) is 13.6 Å². The van der Waals surface area contributed by atoms with Crippen LogP contribution in [0.5, 0.6) is 5.75 Å². The van der Waals surface area contributed by atoms with Gasteiger partial charge in [-0.1, -0.05) is 23.7 Å². The third-order valence-electron chi connectivity index (χ3n) is 2.99. The number of hydrogen-bond donors (Lipinski definition) is 1. The minimum absolute atomic E-state index is 0.0747. The Hall–Kier alpha value is -2.14. The highest BCUT2D eigenvalue weighted by molar-refractivity contribution is 6.34. The number of nitrogens with one attached hydrogen (secondary N) is 1. The zero-order chi connectivity index (χ0) is 16.3. The summed E-state index contributed by atoms with van der Waals surface area (Å²) in [6, 6.07) is 9.20. The lowest BCUT2D eigenvalue weighted by atomic mass is 10.1. The van der Waals surface area contributed by atoms with Gasteiger partial charge in [-0.25, -0.2) is 0 Å². The predicted molar refractivity (Wildman–Crippen MR) is 82.0 cm³/mol. The lowest BCUT2D eigenvalue weighted by Gasteiger charge is -2.12. The smallest absolute Gasteiger partial charge is 0.387 e. The average Bonchev–Trinajstić information content (AvgIpc) is 2.42. The topological polar surface area (TPSA) is 38.3 Å². The molecule has 22 heavy (non-hydrogen) atoms. The number of carbonyl (C=O) groups is 1. The molecule has 0 aromatic heterocycles. The van der Waals surface area contributed by atoms with Gasteiger partial charge in [0.05, 0.1) is 10.7 Å². The summed E-state index contributed by atoms with van der Waals surface area (Å²) in [6.07, 6.45) is 0. The minimum atomic E-state index is -2.94. The van der Waals surface area contributed by atoms with Crippen molar-refractivity contribution in [1.82, 2.24) is 0 Å². The normalized spacial score (nSPS) is 10.6. The highest BCUT2D eigenvalue weighted by Gasteiger charge is 2.13. The molecule has 0 heterocycles. The van der Waals surface area contributed by atoms with Crippen LogP contribution in [0.3, 0.4) is 0 Å². The first-order valence-electron chi connectivity index (χ1n) is 6.50. The monoisotopic (exact) mass is 325 g/mol. The van der Waals surface area contributed by atoms with Crippen LogP contribution in [-0.2, 0) is 0 Å². The van der Waals surface area contributed by atoms with Gasteiger partial charge in [0.25, 0.3) is 5.91 Å². The molecule has 6 heteroatoms. The van der Waals surface area contributed by atoms with E-state index in [1.807, 2.05) is 19.9 Å². The molecule has 0 aliphatic heterocycles. The molecular formula is C16H14ClF2NO2. The van der Waals surface area contributed by atoms with E-state index in [4.69, 9.17) is 11.6 Å². The highest BCUT2D eigenvalue weighted by Crippen LogP contribution is 2.28. The molecule has 0 bridgehead atoms. The first kappa shape index (κ1) is 16.2. The Kier molecular flexibility index (Phi) is 4.98. The summed E-state index contributed by atoms with van der Waals surface area (Å²) in [5, 5.41) is 3.11. The maximum atomic E-state index is 12.2. The van der Waals surface area contributed by atoms with Gasteiger partial charge in [-0.2, -0.15) is 8.78 Å². The standard InChI is InChI=1S/C16H14ClF2NO2/c1-9-6-10(2)14(13(17)7-9)20-15(21)11-4-3-5-12(8-11)22-16(18)19/h3-8,16H,1-2H3,(H,20,21). The second-order valence-corrected chi connectivity index (χ2v) is 5.21. The van der Waals surface area contributed by atoms with Crippen LogP contribution in [0.2, 0.25) is 5.02 Å². The third kappa shape index (κ3) is 3.95. The molecule has 2 rings (SSSR count). The van der Waals surface area contributed by atoms with Crippen LogP contribution < -0.4 is 10.1 Å². The minimum Gasteiger partial charge on any atom is -0.435 e. The van der Waals surface area contributed by atoms with Gasteiger partial charge in [0.1, 0.15) is 5.75 Å². The Morgan fingerprint density at radius 3 is 2.59 bits per heavy atom. The molecule has 0 aliphatic carbocycles. The summed E-state index contributed by atoms with van der Waals surface area (Å²) in [7, 11) is 0. The van der Waals surface area contributed by atoms with E-state index in [0.29, 0.717) is 10.7 Å². The highest BCUT2D eigenvalue weighted by atomic mass is 35.5. The average molecular weight is 326 g/mol. The van der Waals surface area contributed by atoms with Crippen LogP contribution in [0.4, 0.5) is 14.5 Å². The van der Waals surface area contributed by atoms with Gasteiger partial charge in [-0.05, 0) is 49.2 Å². The summed E-state index contributed by atoms with van der Waals surface area (Å²) in [4.78, 5) is 12.2. The third-order valence-corrected chi connectivity index (χ3v) is 3.29. The van der Waals surface area contributed by atoms with Crippen molar-refractivity contribution in [3.8, 4) is 5.75 Å². The Morgan fingerprint density at radius 1 is 1.23 bits per heavy atom. The number of alkyl halides is 2. The molecular weight excluding hydrogens is 312 g/mol. The fourth-order valence-electron chi connectivity index (χ4n) is 2.07. The molecule has 0 unspecified atom stereocenters. The first-order chi connectivity index (χ1) is 10.4. The zero-order valence-corrected chi connectivity index (χ0v) is 12.7. The van der Waals surface area contributed by atoms with Crippen LogP contribution in [0, 0.1) is 13.8 Å². The predicted octanol–water partition coefficient (Wildman–Crippen LogP) is 4.81. The van der Waals surface area contributed by atoms with Crippen LogP contribution >= 0.6 is 11.6 Å². The van der Waals surface area contributed by atoms with Gasteiger partial charge < -0.3 is 10.1 Å². The van der Waals surface area contributed by atoms with Crippen LogP contribution in [-0.4, -0.2) is 12.5 Å². The Bertz CT molecular complexity index is 681. The number of anilines is 1. The molecule has 3 nitrogen and oxygen atoms in total. The number of benzene rings is 2. The van der Waals surface area contributed by atoms with E-state index in [2.05, 4.69) is 10.1 Å². The molecule has 0 spiro atoms. The molecule has 2 aromatic carbocycles. The van der Waals surface area contributed by atoms with Gasteiger partial charge in [-0.3, -0.25) is 4.79 Å². The van der Waals surface area contributed by atoms with Crippen LogP contribution in [0.25, 0.3) is 0 Å². The Labute approximate surface area is 131 Å². The van der Waals surface area contributed by atoms with Crippen molar-refractivity contribution >= 4 is 23.2 Å². The van der Waals surface area contributed by atoms with E-state index < -0.39 is 12.5 Å². The van der Waals surface area contributed by atoms with Crippen molar-refractivity contribution in [2.24, 2.45) is 0 Å². The van der Waals surface area contributed by atoms with Crippen molar-refractivity contribution in [3.05, 3.63) is 58.1 Å². The molecule has 0 fully saturated rings. The second-order valence-electron chi connectivity index (χ2n) is 4.80. The van der Waals surface area contributed by atoms with Crippen molar-refractivity contribution in [2.45, 2.75) is 20.5 Å². The lowest BCUT2D eigenvalue weighted by Crippen LogP contribution is -2.13. The van der Waals surface area contributed by atoms with Gasteiger partial charge in [0, 0.05) is 5.56 Å². The number of rotatable bonds is 4. The SMILES string of the molecule is Cc1cc(C)c(NC(=O)c2cccc(OC(F)F)c2)c(Cl)c1. The number of amides is 1. The number of aryl methyl sites for hydroxylation is 2. The lowest BCUT2D eigenvalue weighted by molar-refractivity contribution is -0.0498. The Morgan fingerprint density at radius 2 is 1.95 bits per heavy atom. The van der Waals surface area contributed by atoms with E-state index in [-0.39, 0.29) is 11.3 Å². The first-order valence-corrected chi connectivity index (χ1v) is 6.87. The van der Waals surface area contributed by atoms with Gasteiger partial charge in [-0.15, -0.1) is 0 Å². The number of hydrogen-bond acceptors (Lipinski definition) is 2. The van der Waals surface area contributed by atoms with Crippen molar-refractivity contribution < 1.29 is 18.3 Å². The number of halogens is 3. The quantitative estimate of drug-likeness (QED) is 0.876. The van der Waals surface area contributed by atoms with Crippen LogP contribution in [0.1, 0.15) is 21.5 Å². The second kappa shape index (κ2) is 6.75. The van der Waals surface area contributed by atoms with E-state index >= 15 is 0 Å². The van der Waals surface area contributed by atoms with Crippen LogP contribution in [0.15, 0.2) is 36.4 Å². The van der Waals surface area contributed by atoms with E-state index in [1.165, 1.54) is 24.3 Å². The van der Waals surface area contributed by atoms with Crippen molar-refractivity contribution in [2.75, 3.05) is 5.32 Å². The summed E-state index contributed by atoms with van der Waals surface area (Å²) < 4.78 is 28.7. The van der Waals surface area contributed by atoms with Gasteiger partial charge in [0.2, 0.25) is 0 Å². The van der Waals surface area contributed by atoms with E-state index in [1.54, 1.807) is 6.07 Å². The fourth-order valence-corrected chi connectivity index (χ4v) is 2.44. The molecule has 0 saturated heterocycles. The fraction of sp³-hybridized carbons (Fsp3) is 0.188. The molecule has 0 radical (unpaired) electrons. The summed E-state index contributed by atoms with van der Waals surface area (Å²) in [6.45, 7) is 0.785. The van der Waals surface area contributed by atoms with Gasteiger partial charge >= 0.3 is 6.61 Å². The summed E-state index contributed by atoms with van der Waals surface area (Å²) in [5.74, 6) is -0.525. The molecule has 2 aromatic rings. The zero-order valence-electron chi connectivity index (χ0n) is 12.0. The molecule has 116 valence electrons. The number of ether oxygens (including phenoxy) is 1. The maximum absolute atomic E-state index is 12.2. The largest absolute Gasteiger partial charge is 0.435 e. The summed E-state index contributed by atoms with van der Waals surface area (Å²) >= 11 is 6.13. The number of carbonyl (C=O) groups excluding carboxylic acids is 1. The molecule has 1 N–H and O–H groups in total. The van der Waals surface area contributed by atoms with Gasteiger partial charge in [0.15, 0.2) is 0 Å². The molecule has 0 aliphatic rings. The Balaban J connectivity index is 2.23. The molecule has 1 amide bonds. The van der Waals surface area contributed by atoms with Crippen molar-refractivity contribution in [3.63, 3.8) is 0 Å². The maximum Gasteiger partial charge on any atom is 0.387 e. The molecule has 0 saturated carbocycles. The molecule has 0 atom stereocenters. The van der Waals surface area contributed by atoms with Crippen molar-refractivity contribution in [1.29, 1.82) is 0 Å². The van der Waals surface area contributed by atoms with E-state index in [0.717, 1.165) is 11.1 Å².